The smallest absolute Gasteiger partial charge is 0.452 e. The number of hydrogen-bond donors (Lipinski definition) is 4. The molecule has 0 unspecified atom stereocenters. The average molecular weight is 835 g/mol. The van der Waals surface area contributed by atoms with Crippen LogP contribution in [0.5, 0.6) is 5.75 Å². The Morgan fingerprint density at radius 2 is 1.28 bits per heavy atom. The van der Waals surface area contributed by atoms with Gasteiger partial charge < -0.3 is 20.6 Å². The highest BCUT2D eigenvalue weighted by atomic mass is 32.2. The Morgan fingerprint density at radius 3 is 1.76 bits per heavy atom. The molecule has 2 aromatic rings. The molecule has 4 N–H and O–H groups in total. The van der Waals surface area contributed by atoms with Crippen molar-refractivity contribution >= 4 is 39.4 Å². The van der Waals surface area contributed by atoms with E-state index in [0.717, 1.165) is 25.0 Å². The van der Waals surface area contributed by atoms with E-state index >= 15 is 0 Å². The number of fused-ring (bicyclic) bond motifs is 1. The van der Waals surface area contributed by atoms with Crippen molar-refractivity contribution in [3.8, 4) is 5.75 Å². The van der Waals surface area contributed by atoms with E-state index in [1.165, 1.54) is 43.0 Å². The maximum absolute atomic E-state index is 14.4. The molecule has 4 rings (SSSR count). The van der Waals surface area contributed by atoms with Crippen LogP contribution in [-0.4, -0.2) is 78.2 Å². The number of nitrogens with zero attached hydrogens (tertiary/aromatic N) is 1. The lowest BCUT2D eigenvalue weighted by Gasteiger charge is -2.37. The Morgan fingerprint density at radius 1 is 0.759 bits per heavy atom. The number of Topliss-reactive ketones (excluding diaryl/α,β-unsaturated/α-hetero) is 1. The molecule has 0 bridgehead atoms. The summed E-state index contributed by atoms with van der Waals surface area (Å²) >= 11 is 0. The van der Waals surface area contributed by atoms with Crippen LogP contribution in [-0.2, 0) is 35.2 Å². The molecule has 5 atom stereocenters. The first-order valence-electron chi connectivity index (χ1n) is 19.7. The zero-order valence-corrected chi connectivity index (χ0v) is 35.7. The number of aromatic hydroxyl groups is 1. The van der Waals surface area contributed by atoms with Crippen LogP contribution in [0.2, 0.25) is 0 Å². The summed E-state index contributed by atoms with van der Waals surface area (Å²) in [6.45, 7) is 17.3. The molecule has 1 aliphatic heterocycles. The van der Waals surface area contributed by atoms with E-state index in [-0.39, 0.29) is 34.1 Å². The van der Waals surface area contributed by atoms with E-state index in [1.54, 1.807) is 13.8 Å². The Hall–Kier alpha value is -4.47. The van der Waals surface area contributed by atoms with Gasteiger partial charge >= 0.3 is 6.18 Å². The largest absolute Gasteiger partial charge is 0.507 e. The molecule has 320 valence electrons. The standard InChI is InChI=1S/C42H57F3N4O8S/c1-22(2)32(35(51)42(43,44)45)46-38(54)31-21-25-13-11-12-14-30(25)49(31)39(55)33(23(3)4)47-36(52)24-15-17-27(18-16-24)58(56,57)48-37(53)26-19-28(40(5,6)7)34(50)29(20-26)41(8,9)10/h15-20,22-23,25,30-33,50H,11-14,21H2,1-10H3,(H,46,54)(H,47,52)(H,48,53)/t25-,30-,31-,32-,33-/m0/s1. The molecule has 16 heteroatoms. The fourth-order valence-corrected chi connectivity index (χ4v) is 8.78. The van der Waals surface area contributed by atoms with Crippen LogP contribution in [0.25, 0.3) is 0 Å². The van der Waals surface area contributed by atoms with Crippen LogP contribution in [0.4, 0.5) is 13.2 Å². The van der Waals surface area contributed by atoms with Gasteiger partial charge in [-0.15, -0.1) is 0 Å². The van der Waals surface area contributed by atoms with E-state index in [2.05, 4.69) is 15.4 Å². The number of carbonyl (C=O) groups excluding carboxylic acids is 5. The van der Waals surface area contributed by atoms with Gasteiger partial charge in [0.25, 0.3) is 27.6 Å². The lowest BCUT2D eigenvalue weighted by atomic mass is 9.78. The maximum atomic E-state index is 14.4. The molecule has 2 aliphatic rings. The van der Waals surface area contributed by atoms with E-state index in [9.17, 15) is 50.7 Å². The predicted molar refractivity (Wildman–Crippen MR) is 212 cm³/mol. The van der Waals surface area contributed by atoms with E-state index in [0.29, 0.717) is 24.0 Å². The number of phenolic OH excluding ortho intramolecular Hbond substituents is 1. The molecule has 0 aromatic heterocycles. The lowest BCUT2D eigenvalue weighted by molar-refractivity contribution is -0.175. The quantitative estimate of drug-likeness (QED) is 0.204. The van der Waals surface area contributed by atoms with Crippen LogP contribution in [0.3, 0.4) is 0 Å². The first kappa shape index (κ1) is 46.2. The lowest BCUT2D eigenvalue weighted by Crippen LogP contribution is -2.59. The highest BCUT2D eigenvalue weighted by molar-refractivity contribution is 7.90. The molecule has 1 saturated heterocycles. The van der Waals surface area contributed by atoms with E-state index in [4.69, 9.17) is 0 Å². The number of nitrogens with one attached hydrogen (secondary N) is 3. The van der Waals surface area contributed by atoms with Crippen molar-refractivity contribution in [3.05, 3.63) is 58.7 Å². The van der Waals surface area contributed by atoms with Crippen molar-refractivity contribution in [3.63, 3.8) is 0 Å². The predicted octanol–water partition coefficient (Wildman–Crippen LogP) is 6.29. The number of sulfonamides is 1. The zero-order valence-electron chi connectivity index (χ0n) is 34.8. The number of rotatable bonds is 11. The fraction of sp³-hybridized carbons (Fsp3) is 0.595. The van der Waals surface area contributed by atoms with Crippen molar-refractivity contribution in [2.75, 3.05) is 0 Å². The molecule has 58 heavy (non-hydrogen) atoms. The van der Waals surface area contributed by atoms with Crippen molar-refractivity contribution in [1.82, 2.24) is 20.3 Å². The number of ketones is 1. The summed E-state index contributed by atoms with van der Waals surface area (Å²) in [6.07, 6.45) is -2.10. The Labute approximate surface area is 339 Å². The zero-order chi connectivity index (χ0) is 43.9. The summed E-state index contributed by atoms with van der Waals surface area (Å²) in [5.41, 5.74) is -0.190. The van der Waals surface area contributed by atoms with Crippen LogP contribution < -0.4 is 15.4 Å². The van der Waals surface area contributed by atoms with Crippen molar-refractivity contribution < 1.29 is 50.7 Å². The molecule has 4 amide bonds. The molecule has 1 saturated carbocycles. The summed E-state index contributed by atoms with van der Waals surface area (Å²) < 4.78 is 69.1. The van der Waals surface area contributed by atoms with E-state index in [1.807, 2.05) is 41.5 Å². The number of carbonyl (C=O) groups is 5. The van der Waals surface area contributed by atoms with E-state index < -0.39 is 92.4 Å². The van der Waals surface area contributed by atoms with Crippen LogP contribution in [0, 0.1) is 17.8 Å². The number of amides is 4. The number of halogens is 3. The molecule has 1 aliphatic carbocycles. The third-order valence-corrected chi connectivity index (χ3v) is 12.4. The van der Waals surface area contributed by atoms with Gasteiger partial charge in [-0.3, -0.25) is 24.0 Å². The molecule has 0 radical (unpaired) electrons. The van der Waals surface area contributed by atoms with Gasteiger partial charge in [-0.25, -0.2) is 13.1 Å². The van der Waals surface area contributed by atoms with Crippen molar-refractivity contribution in [2.45, 2.75) is 147 Å². The van der Waals surface area contributed by atoms with Crippen molar-refractivity contribution in [1.29, 1.82) is 0 Å². The first-order chi connectivity index (χ1) is 26.6. The molecule has 12 nitrogen and oxygen atoms in total. The summed E-state index contributed by atoms with van der Waals surface area (Å²) in [5, 5.41) is 16.0. The van der Waals surface area contributed by atoms with Crippen molar-refractivity contribution in [2.24, 2.45) is 17.8 Å². The highest BCUT2D eigenvalue weighted by Gasteiger charge is 2.51. The van der Waals surface area contributed by atoms with Gasteiger partial charge in [0.05, 0.1) is 10.9 Å². The normalized spacial score (nSPS) is 20.0. The Balaban J connectivity index is 1.55. The van der Waals surface area contributed by atoms with Gasteiger partial charge in [-0.2, -0.15) is 13.2 Å². The van der Waals surface area contributed by atoms with Gasteiger partial charge in [0.1, 0.15) is 17.8 Å². The second kappa shape index (κ2) is 17.0. The van der Waals surface area contributed by atoms with Gasteiger partial charge in [0, 0.05) is 28.3 Å². The summed E-state index contributed by atoms with van der Waals surface area (Å²) in [7, 11) is -4.45. The topological polar surface area (TPSA) is 179 Å². The molecular formula is C42H57F3N4O8S. The van der Waals surface area contributed by atoms with Gasteiger partial charge in [0.2, 0.25) is 11.8 Å². The van der Waals surface area contributed by atoms with Crippen LogP contribution in [0.15, 0.2) is 41.3 Å². The second-order valence-electron chi connectivity index (χ2n) is 18.3. The minimum atomic E-state index is -5.18. The summed E-state index contributed by atoms with van der Waals surface area (Å²) in [6, 6.07) is 3.04. The number of likely N-dealkylation sites (tertiary alicyclic amines) is 1. The molecule has 1 heterocycles. The van der Waals surface area contributed by atoms with Crippen LogP contribution in [0.1, 0.15) is 133 Å². The highest BCUT2D eigenvalue weighted by Crippen LogP contribution is 2.42. The number of alkyl halides is 3. The number of benzene rings is 2. The van der Waals surface area contributed by atoms with Gasteiger partial charge in [0.15, 0.2) is 0 Å². The average Bonchev–Trinajstić information content (AvgIpc) is 3.50. The summed E-state index contributed by atoms with van der Waals surface area (Å²) in [4.78, 5) is 68.3. The van der Waals surface area contributed by atoms with Crippen LogP contribution >= 0.6 is 0 Å². The number of hydrogen-bond acceptors (Lipinski definition) is 8. The minimum Gasteiger partial charge on any atom is -0.507 e. The fourth-order valence-electron chi connectivity index (χ4n) is 7.80. The molecule has 2 aromatic carbocycles. The summed E-state index contributed by atoms with van der Waals surface area (Å²) in [5.74, 6) is -6.66. The molecule has 2 fully saturated rings. The number of phenols is 1. The third-order valence-electron chi connectivity index (χ3n) is 11.0. The third kappa shape index (κ3) is 10.2. The monoisotopic (exact) mass is 834 g/mol. The molecule has 0 spiro atoms. The second-order valence-corrected chi connectivity index (χ2v) is 20.0. The molecular weight excluding hydrogens is 778 g/mol. The minimum absolute atomic E-state index is 0.0106. The van der Waals surface area contributed by atoms with Gasteiger partial charge in [-0.1, -0.05) is 82.1 Å². The first-order valence-corrected chi connectivity index (χ1v) is 21.1. The SMILES string of the molecule is CC(C)[C@H](NC(=O)c1ccc(S(=O)(=O)NC(=O)c2cc(C(C)(C)C)c(O)c(C(C)(C)C)c2)cc1)C(=O)N1[C@H](C(=O)N[C@H](C(=O)C(F)(F)F)C(C)C)C[C@@H]2CCCC[C@@H]21. The Kier molecular flexibility index (Phi) is 13.6. The Bertz CT molecular complexity index is 1980. The van der Waals surface area contributed by atoms with Gasteiger partial charge in [-0.05, 0) is 84.2 Å². The maximum Gasteiger partial charge on any atom is 0.452 e.